The Morgan fingerprint density at radius 3 is 2.67 bits per heavy atom. The van der Waals surface area contributed by atoms with Crippen LogP contribution in [0.1, 0.15) is 31.6 Å². The SMILES string of the molecule is CC(C)(CCc1ccc(Br)s1)CC(=O)O. The van der Waals surface area contributed by atoms with Gasteiger partial charge >= 0.3 is 5.97 Å². The van der Waals surface area contributed by atoms with Crippen molar-refractivity contribution in [2.75, 3.05) is 0 Å². The minimum atomic E-state index is -0.715. The summed E-state index contributed by atoms with van der Waals surface area (Å²) in [4.78, 5) is 11.9. The highest BCUT2D eigenvalue weighted by atomic mass is 79.9. The number of rotatable bonds is 5. The van der Waals surface area contributed by atoms with E-state index in [0.717, 1.165) is 16.6 Å². The Bertz CT molecular complexity index is 344. The lowest BCUT2D eigenvalue weighted by Gasteiger charge is -2.21. The molecule has 1 aromatic rings. The molecular weight excluding hydrogens is 276 g/mol. The van der Waals surface area contributed by atoms with Gasteiger partial charge in [-0.25, -0.2) is 0 Å². The third-order valence-corrected chi connectivity index (χ3v) is 3.99. The maximum Gasteiger partial charge on any atom is 0.303 e. The van der Waals surface area contributed by atoms with Crippen molar-refractivity contribution >= 4 is 33.2 Å². The molecule has 0 aliphatic heterocycles. The Morgan fingerprint density at radius 2 is 2.20 bits per heavy atom. The first-order valence-electron chi connectivity index (χ1n) is 4.85. The van der Waals surface area contributed by atoms with Gasteiger partial charge in [0.05, 0.1) is 10.2 Å². The van der Waals surface area contributed by atoms with E-state index in [9.17, 15) is 4.79 Å². The zero-order valence-electron chi connectivity index (χ0n) is 8.92. The van der Waals surface area contributed by atoms with E-state index in [1.54, 1.807) is 11.3 Å². The fourth-order valence-electron chi connectivity index (χ4n) is 1.45. The van der Waals surface area contributed by atoms with Crippen molar-refractivity contribution in [3.05, 3.63) is 20.8 Å². The molecule has 0 aliphatic rings. The van der Waals surface area contributed by atoms with Crippen molar-refractivity contribution in [2.45, 2.75) is 33.1 Å². The van der Waals surface area contributed by atoms with Gasteiger partial charge < -0.3 is 5.11 Å². The number of carboxylic acid groups (broad SMARTS) is 1. The van der Waals surface area contributed by atoms with Crippen LogP contribution in [0.15, 0.2) is 15.9 Å². The normalized spacial score (nSPS) is 11.7. The van der Waals surface area contributed by atoms with E-state index < -0.39 is 5.97 Å². The summed E-state index contributed by atoms with van der Waals surface area (Å²) >= 11 is 5.13. The van der Waals surface area contributed by atoms with Crippen LogP contribution >= 0.6 is 27.3 Å². The van der Waals surface area contributed by atoms with Crippen LogP contribution in [-0.2, 0) is 11.2 Å². The standard InChI is InChI=1S/C11H15BrO2S/c1-11(2,7-10(13)14)6-5-8-3-4-9(12)15-8/h3-4H,5-7H2,1-2H3,(H,13,14). The molecule has 0 aromatic carbocycles. The Hall–Kier alpha value is -0.350. The number of hydrogen-bond acceptors (Lipinski definition) is 2. The van der Waals surface area contributed by atoms with Gasteiger partial charge in [-0.3, -0.25) is 4.79 Å². The first-order valence-corrected chi connectivity index (χ1v) is 6.46. The smallest absolute Gasteiger partial charge is 0.303 e. The van der Waals surface area contributed by atoms with Crippen LogP contribution in [0.25, 0.3) is 0 Å². The monoisotopic (exact) mass is 290 g/mol. The second-order valence-corrected chi connectivity index (χ2v) is 6.99. The van der Waals surface area contributed by atoms with Crippen molar-refractivity contribution in [3.63, 3.8) is 0 Å². The number of carbonyl (C=O) groups is 1. The summed E-state index contributed by atoms with van der Waals surface area (Å²) in [6.07, 6.45) is 2.10. The van der Waals surface area contributed by atoms with Crippen LogP contribution in [0.3, 0.4) is 0 Å². The molecule has 2 nitrogen and oxygen atoms in total. The second-order valence-electron chi connectivity index (χ2n) is 4.44. The lowest BCUT2D eigenvalue weighted by molar-refractivity contribution is -0.139. The number of hydrogen-bond donors (Lipinski definition) is 1. The molecule has 15 heavy (non-hydrogen) atoms. The molecule has 1 rings (SSSR count). The lowest BCUT2D eigenvalue weighted by atomic mass is 9.84. The zero-order chi connectivity index (χ0) is 11.5. The summed E-state index contributed by atoms with van der Waals surface area (Å²) < 4.78 is 1.13. The van der Waals surface area contributed by atoms with Gasteiger partial charge in [0.2, 0.25) is 0 Å². The Labute approximate surface area is 102 Å². The van der Waals surface area contributed by atoms with E-state index in [0.29, 0.717) is 0 Å². The topological polar surface area (TPSA) is 37.3 Å². The highest BCUT2D eigenvalue weighted by Crippen LogP contribution is 2.30. The summed E-state index contributed by atoms with van der Waals surface area (Å²) in [6, 6.07) is 4.12. The van der Waals surface area contributed by atoms with Crippen LogP contribution in [0.2, 0.25) is 0 Å². The maximum atomic E-state index is 10.6. The van der Waals surface area contributed by atoms with Crippen molar-refractivity contribution in [3.8, 4) is 0 Å². The molecule has 0 saturated heterocycles. The molecule has 0 fully saturated rings. The third kappa shape index (κ3) is 4.80. The fourth-order valence-corrected chi connectivity index (χ4v) is 2.93. The number of thiophene rings is 1. The van der Waals surface area contributed by atoms with Gasteiger partial charge in [-0.1, -0.05) is 13.8 Å². The number of aryl methyl sites for hydroxylation is 1. The summed E-state index contributed by atoms with van der Waals surface area (Å²) in [5.74, 6) is -0.715. The largest absolute Gasteiger partial charge is 0.481 e. The minimum Gasteiger partial charge on any atom is -0.481 e. The van der Waals surface area contributed by atoms with Gasteiger partial charge in [0.1, 0.15) is 0 Å². The average molecular weight is 291 g/mol. The quantitative estimate of drug-likeness (QED) is 0.892. The van der Waals surface area contributed by atoms with E-state index in [1.165, 1.54) is 4.88 Å². The van der Waals surface area contributed by atoms with Crippen molar-refractivity contribution in [1.29, 1.82) is 0 Å². The van der Waals surface area contributed by atoms with Gasteiger partial charge in [0.15, 0.2) is 0 Å². The minimum absolute atomic E-state index is 0.123. The molecule has 1 aromatic heterocycles. The molecule has 1 N–H and O–H groups in total. The van der Waals surface area contributed by atoms with E-state index in [1.807, 2.05) is 19.9 Å². The number of halogens is 1. The molecule has 0 aliphatic carbocycles. The molecular formula is C11H15BrO2S. The third-order valence-electron chi connectivity index (χ3n) is 2.31. The van der Waals surface area contributed by atoms with E-state index >= 15 is 0 Å². The first kappa shape index (κ1) is 12.7. The summed E-state index contributed by atoms with van der Waals surface area (Å²) in [5, 5.41) is 8.75. The van der Waals surface area contributed by atoms with Crippen molar-refractivity contribution < 1.29 is 9.90 Å². The van der Waals surface area contributed by atoms with Gasteiger partial charge in [-0.2, -0.15) is 0 Å². The summed E-state index contributed by atoms with van der Waals surface area (Å²) in [5.41, 5.74) is -0.123. The predicted octanol–water partition coefficient (Wildman–Crippen LogP) is 3.94. The second kappa shape index (κ2) is 5.12. The van der Waals surface area contributed by atoms with Crippen LogP contribution in [0.5, 0.6) is 0 Å². The van der Waals surface area contributed by atoms with Crippen LogP contribution in [0.4, 0.5) is 0 Å². The molecule has 0 radical (unpaired) electrons. The number of aliphatic carboxylic acids is 1. The summed E-state index contributed by atoms with van der Waals surface area (Å²) in [6.45, 7) is 4.01. The zero-order valence-corrected chi connectivity index (χ0v) is 11.3. The Kier molecular flexibility index (Phi) is 4.34. The molecule has 84 valence electrons. The Morgan fingerprint density at radius 1 is 1.53 bits per heavy atom. The first-order chi connectivity index (χ1) is 6.89. The average Bonchev–Trinajstić information content (AvgIpc) is 2.46. The molecule has 0 bridgehead atoms. The molecule has 0 saturated carbocycles. The van der Waals surface area contributed by atoms with Crippen molar-refractivity contribution in [1.82, 2.24) is 0 Å². The maximum absolute atomic E-state index is 10.6. The van der Waals surface area contributed by atoms with E-state index in [4.69, 9.17) is 5.11 Å². The van der Waals surface area contributed by atoms with Crippen LogP contribution < -0.4 is 0 Å². The fraction of sp³-hybridized carbons (Fsp3) is 0.545. The highest BCUT2D eigenvalue weighted by molar-refractivity contribution is 9.11. The molecule has 0 spiro atoms. The van der Waals surface area contributed by atoms with Gasteiger partial charge in [0, 0.05) is 4.88 Å². The van der Waals surface area contributed by atoms with E-state index in [2.05, 4.69) is 22.0 Å². The van der Waals surface area contributed by atoms with Crippen LogP contribution in [-0.4, -0.2) is 11.1 Å². The highest BCUT2D eigenvalue weighted by Gasteiger charge is 2.21. The van der Waals surface area contributed by atoms with E-state index in [-0.39, 0.29) is 11.8 Å². The summed E-state index contributed by atoms with van der Waals surface area (Å²) in [7, 11) is 0. The van der Waals surface area contributed by atoms with Gasteiger partial charge in [-0.15, -0.1) is 11.3 Å². The molecule has 4 heteroatoms. The lowest BCUT2D eigenvalue weighted by Crippen LogP contribution is -2.17. The Balaban J connectivity index is 2.45. The van der Waals surface area contributed by atoms with Gasteiger partial charge in [0.25, 0.3) is 0 Å². The van der Waals surface area contributed by atoms with Gasteiger partial charge in [-0.05, 0) is 46.3 Å². The predicted molar refractivity (Wildman–Crippen MR) is 66.4 cm³/mol. The molecule has 0 atom stereocenters. The molecule has 0 unspecified atom stereocenters. The van der Waals surface area contributed by atoms with Crippen LogP contribution in [0, 0.1) is 5.41 Å². The number of carboxylic acids is 1. The van der Waals surface area contributed by atoms with Crippen molar-refractivity contribution in [2.24, 2.45) is 5.41 Å². The molecule has 0 amide bonds. The molecule has 1 heterocycles.